The Morgan fingerprint density at radius 1 is 1.44 bits per heavy atom. The molecule has 0 aliphatic heterocycles. The topological polar surface area (TPSA) is 54.4 Å². The Morgan fingerprint density at radius 3 is 2.72 bits per heavy atom. The number of hydrogen-bond acceptors (Lipinski definition) is 3. The first-order valence-electron chi connectivity index (χ1n) is 5.11. The predicted octanol–water partition coefficient (Wildman–Crippen LogP) is 2.08. The molecule has 0 saturated carbocycles. The molecule has 1 N–H and O–H groups in total. The van der Waals surface area contributed by atoms with E-state index in [0.717, 1.165) is 17.8 Å². The molecule has 0 atom stereocenters. The van der Waals surface area contributed by atoms with Gasteiger partial charge >= 0.3 is 5.97 Å². The van der Waals surface area contributed by atoms with Gasteiger partial charge in [0.1, 0.15) is 5.82 Å². The zero-order valence-electron chi connectivity index (χ0n) is 9.70. The fourth-order valence-corrected chi connectivity index (χ4v) is 1.56. The Hall–Kier alpha value is -1.80. The molecule has 0 aliphatic carbocycles. The summed E-state index contributed by atoms with van der Waals surface area (Å²) in [5.74, 6) is 4.03. The second-order valence-electron chi connectivity index (χ2n) is 3.47. The van der Waals surface area contributed by atoms with E-state index in [0.29, 0.717) is 11.3 Å². The van der Waals surface area contributed by atoms with Gasteiger partial charge < -0.3 is 5.11 Å². The third kappa shape index (κ3) is 5.02. The van der Waals surface area contributed by atoms with Gasteiger partial charge in [0.15, 0.2) is 5.12 Å². The van der Waals surface area contributed by atoms with Crippen molar-refractivity contribution in [2.45, 2.75) is 13.3 Å². The van der Waals surface area contributed by atoms with Crippen molar-refractivity contribution in [2.75, 3.05) is 5.75 Å². The molecule has 0 spiro atoms. The van der Waals surface area contributed by atoms with E-state index >= 15 is 0 Å². The van der Waals surface area contributed by atoms with Gasteiger partial charge in [0.2, 0.25) is 0 Å². The van der Waals surface area contributed by atoms with Gasteiger partial charge in [0.25, 0.3) is 0 Å². The first kappa shape index (κ1) is 14.3. The van der Waals surface area contributed by atoms with Crippen molar-refractivity contribution in [3.05, 3.63) is 35.1 Å². The summed E-state index contributed by atoms with van der Waals surface area (Å²) in [7, 11) is 0. The molecule has 94 valence electrons. The molecule has 0 bridgehead atoms. The molecule has 0 radical (unpaired) electrons. The monoisotopic (exact) mass is 266 g/mol. The van der Waals surface area contributed by atoms with Gasteiger partial charge in [-0.2, -0.15) is 0 Å². The summed E-state index contributed by atoms with van der Waals surface area (Å²) in [6.45, 7) is 1.44. The van der Waals surface area contributed by atoms with Crippen LogP contribution in [0.2, 0.25) is 0 Å². The summed E-state index contributed by atoms with van der Waals surface area (Å²) < 4.78 is 13.5. The predicted molar refractivity (Wildman–Crippen MR) is 67.8 cm³/mol. The van der Waals surface area contributed by atoms with Crippen molar-refractivity contribution in [1.29, 1.82) is 0 Å². The third-order valence-corrected chi connectivity index (χ3v) is 2.65. The largest absolute Gasteiger partial charge is 0.481 e. The Morgan fingerprint density at radius 2 is 2.17 bits per heavy atom. The van der Waals surface area contributed by atoms with Crippen molar-refractivity contribution in [1.82, 2.24) is 0 Å². The number of thioether (sulfide) groups is 1. The fraction of sp³-hybridized carbons (Fsp3) is 0.231. The lowest BCUT2D eigenvalue weighted by Crippen LogP contribution is -2.00. The highest BCUT2D eigenvalue weighted by Gasteiger charge is 2.04. The molecule has 0 heterocycles. The van der Waals surface area contributed by atoms with Crippen molar-refractivity contribution < 1.29 is 19.1 Å². The van der Waals surface area contributed by atoms with Crippen molar-refractivity contribution in [3.8, 4) is 11.8 Å². The van der Waals surface area contributed by atoms with E-state index in [2.05, 4.69) is 11.8 Å². The van der Waals surface area contributed by atoms with E-state index in [1.165, 1.54) is 19.1 Å². The average Bonchev–Trinajstić information content (AvgIpc) is 2.25. The highest BCUT2D eigenvalue weighted by atomic mass is 32.2. The normalized spacial score (nSPS) is 9.44. The molecular formula is C13H11FO3S. The lowest BCUT2D eigenvalue weighted by Gasteiger charge is -1.99. The van der Waals surface area contributed by atoms with Crippen LogP contribution in [0, 0.1) is 17.7 Å². The van der Waals surface area contributed by atoms with Gasteiger partial charge in [-0.05, 0) is 17.7 Å². The van der Waals surface area contributed by atoms with Crippen LogP contribution in [-0.4, -0.2) is 21.9 Å². The number of halogens is 1. The van der Waals surface area contributed by atoms with Crippen LogP contribution in [0.4, 0.5) is 4.39 Å². The van der Waals surface area contributed by atoms with Crippen LogP contribution >= 0.6 is 11.8 Å². The fourth-order valence-electron chi connectivity index (χ4n) is 1.21. The first-order chi connectivity index (χ1) is 8.49. The van der Waals surface area contributed by atoms with Gasteiger partial charge in [-0.15, -0.1) is 0 Å². The lowest BCUT2D eigenvalue weighted by atomic mass is 10.1. The van der Waals surface area contributed by atoms with E-state index in [-0.39, 0.29) is 17.1 Å². The van der Waals surface area contributed by atoms with Crippen LogP contribution in [0.3, 0.4) is 0 Å². The van der Waals surface area contributed by atoms with E-state index in [4.69, 9.17) is 5.11 Å². The molecule has 0 unspecified atom stereocenters. The van der Waals surface area contributed by atoms with E-state index in [1.807, 2.05) is 0 Å². The second-order valence-corrected chi connectivity index (χ2v) is 4.62. The van der Waals surface area contributed by atoms with Crippen molar-refractivity contribution in [2.24, 2.45) is 0 Å². The Balaban J connectivity index is 2.73. The number of aliphatic carboxylic acids is 1. The van der Waals surface area contributed by atoms with E-state index < -0.39 is 11.8 Å². The Bertz CT molecular complexity index is 529. The van der Waals surface area contributed by atoms with E-state index in [9.17, 15) is 14.0 Å². The summed E-state index contributed by atoms with van der Waals surface area (Å²) in [5, 5.41) is 8.53. The number of benzene rings is 1. The standard InChI is InChI=1S/C13H11FO3S/c1-9(15)18-6-2-3-11-5-4-10(7-12(11)14)8-13(16)17/h4-5,7H,6,8H2,1H3,(H,16,17). The van der Waals surface area contributed by atoms with Crippen LogP contribution in [0.1, 0.15) is 18.1 Å². The van der Waals surface area contributed by atoms with E-state index in [1.54, 1.807) is 0 Å². The Labute approximate surface area is 108 Å². The molecule has 0 amide bonds. The molecular weight excluding hydrogens is 255 g/mol. The number of carbonyl (C=O) groups excluding carboxylic acids is 1. The summed E-state index contributed by atoms with van der Waals surface area (Å²) in [5.41, 5.74) is 0.594. The highest BCUT2D eigenvalue weighted by Crippen LogP contribution is 2.10. The number of carboxylic acid groups (broad SMARTS) is 1. The summed E-state index contributed by atoms with van der Waals surface area (Å²) in [4.78, 5) is 21.1. The van der Waals surface area contributed by atoms with Crippen LogP contribution in [0.25, 0.3) is 0 Å². The van der Waals surface area contributed by atoms with Gasteiger partial charge in [-0.1, -0.05) is 29.7 Å². The minimum absolute atomic E-state index is 0.0402. The number of carbonyl (C=O) groups is 2. The van der Waals surface area contributed by atoms with Gasteiger partial charge in [0, 0.05) is 6.92 Å². The maximum absolute atomic E-state index is 13.5. The minimum Gasteiger partial charge on any atom is -0.481 e. The molecule has 5 heteroatoms. The Kier molecular flexibility index (Phi) is 5.40. The second kappa shape index (κ2) is 6.82. The molecule has 3 nitrogen and oxygen atoms in total. The van der Waals surface area contributed by atoms with Gasteiger partial charge in [-0.25, -0.2) is 4.39 Å². The molecule has 18 heavy (non-hydrogen) atoms. The number of hydrogen-bond donors (Lipinski definition) is 1. The molecule has 0 aliphatic rings. The average molecular weight is 266 g/mol. The third-order valence-electron chi connectivity index (χ3n) is 1.96. The SMILES string of the molecule is CC(=O)SCC#Cc1ccc(CC(=O)O)cc1F. The lowest BCUT2D eigenvalue weighted by molar-refractivity contribution is -0.136. The molecule has 0 saturated heterocycles. The van der Waals surface area contributed by atoms with Crippen LogP contribution in [0.15, 0.2) is 18.2 Å². The van der Waals surface area contributed by atoms with Crippen LogP contribution < -0.4 is 0 Å². The molecule has 1 rings (SSSR count). The van der Waals surface area contributed by atoms with Crippen molar-refractivity contribution >= 4 is 22.8 Å². The molecule has 0 fully saturated rings. The zero-order valence-corrected chi connectivity index (χ0v) is 10.5. The maximum atomic E-state index is 13.5. The number of rotatable bonds is 3. The highest BCUT2D eigenvalue weighted by molar-refractivity contribution is 8.13. The molecule has 1 aromatic carbocycles. The summed E-state index contributed by atoms with van der Waals surface area (Å²) in [6.07, 6.45) is -0.217. The van der Waals surface area contributed by atoms with Crippen LogP contribution in [-0.2, 0) is 16.0 Å². The van der Waals surface area contributed by atoms with Crippen LogP contribution in [0.5, 0.6) is 0 Å². The smallest absolute Gasteiger partial charge is 0.307 e. The number of carboxylic acids is 1. The first-order valence-corrected chi connectivity index (χ1v) is 6.10. The summed E-state index contributed by atoms with van der Waals surface area (Å²) in [6, 6.07) is 4.13. The maximum Gasteiger partial charge on any atom is 0.307 e. The quantitative estimate of drug-likeness (QED) is 0.851. The van der Waals surface area contributed by atoms with Gasteiger partial charge in [0.05, 0.1) is 17.7 Å². The van der Waals surface area contributed by atoms with Gasteiger partial charge in [-0.3, -0.25) is 9.59 Å². The molecule has 0 aromatic heterocycles. The zero-order chi connectivity index (χ0) is 13.5. The minimum atomic E-state index is -1.01. The summed E-state index contributed by atoms with van der Waals surface area (Å²) >= 11 is 1.06. The van der Waals surface area contributed by atoms with Crippen molar-refractivity contribution in [3.63, 3.8) is 0 Å². The molecule has 1 aromatic rings.